The molecular formula is C9H7ClO4. The van der Waals surface area contributed by atoms with Gasteiger partial charge < -0.3 is 14.6 Å². The predicted octanol–water partition coefficient (Wildman–Crippen LogP) is 1.51. The van der Waals surface area contributed by atoms with E-state index in [-0.39, 0.29) is 5.56 Å². The first-order valence-electron chi connectivity index (χ1n) is 3.90. The number of aliphatic hydroxyl groups excluding tert-OH is 1. The quantitative estimate of drug-likeness (QED) is 0.720. The highest BCUT2D eigenvalue weighted by Crippen LogP contribution is 2.37. The molecule has 5 heteroatoms. The van der Waals surface area contributed by atoms with Crippen LogP contribution in [-0.4, -0.2) is 18.2 Å². The van der Waals surface area contributed by atoms with Crippen molar-refractivity contribution >= 4 is 17.6 Å². The molecule has 0 radical (unpaired) electrons. The molecule has 1 N–H and O–H groups in total. The smallest absolute Gasteiger partial charge is 0.345 e. The SMILES string of the molecule is COc1cc(Cl)cc2c1C(=O)OC2O. The molecule has 1 aromatic carbocycles. The lowest BCUT2D eigenvalue weighted by atomic mass is 10.1. The minimum atomic E-state index is -1.25. The largest absolute Gasteiger partial charge is 0.496 e. The second kappa shape index (κ2) is 3.15. The third-order valence-electron chi connectivity index (χ3n) is 2.01. The molecule has 1 aromatic rings. The minimum absolute atomic E-state index is 0.240. The first-order valence-corrected chi connectivity index (χ1v) is 4.27. The fourth-order valence-corrected chi connectivity index (χ4v) is 1.62. The van der Waals surface area contributed by atoms with Gasteiger partial charge in [0, 0.05) is 10.6 Å². The minimum Gasteiger partial charge on any atom is -0.496 e. The second-order valence-electron chi connectivity index (χ2n) is 2.83. The standard InChI is InChI=1S/C9H7ClO4/c1-13-6-3-4(10)2-5-7(6)9(12)14-8(5)11/h2-3,8,11H,1H3. The number of carbonyl (C=O) groups is 1. The molecule has 1 aliphatic heterocycles. The molecule has 0 fully saturated rings. The highest BCUT2D eigenvalue weighted by atomic mass is 35.5. The summed E-state index contributed by atoms with van der Waals surface area (Å²) in [5.41, 5.74) is 0.587. The molecule has 1 aliphatic rings. The van der Waals surface area contributed by atoms with Crippen LogP contribution in [0.25, 0.3) is 0 Å². The normalized spacial score (nSPS) is 19.1. The van der Waals surface area contributed by atoms with Crippen molar-refractivity contribution in [3.63, 3.8) is 0 Å². The van der Waals surface area contributed by atoms with Crippen LogP contribution in [0.2, 0.25) is 5.02 Å². The van der Waals surface area contributed by atoms with Crippen LogP contribution in [-0.2, 0) is 4.74 Å². The molecule has 0 spiro atoms. The number of halogens is 1. The Morgan fingerprint density at radius 1 is 1.57 bits per heavy atom. The molecule has 0 amide bonds. The molecular weight excluding hydrogens is 208 g/mol. The van der Waals surface area contributed by atoms with Gasteiger partial charge >= 0.3 is 5.97 Å². The van der Waals surface area contributed by atoms with E-state index in [0.29, 0.717) is 16.3 Å². The highest BCUT2D eigenvalue weighted by molar-refractivity contribution is 6.31. The van der Waals surface area contributed by atoms with Crippen LogP contribution in [0, 0.1) is 0 Å². The molecule has 74 valence electrons. The molecule has 0 bridgehead atoms. The number of hydrogen-bond acceptors (Lipinski definition) is 4. The van der Waals surface area contributed by atoms with Crippen molar-refractivity contribution in [2.45, 2.75) is 6.29 Å². The summed E-state index contributed by atoms with van der Waals surface area (Å²) in [5, 5.41) is 9.73. The lowest BCUT2D eigenvalue weighted by molar-refractivity contribution is -0.0547. The fraction of sp³-hybridized carbons (Fsp3) is 0.222. The Labute approximate surface area is 85.0 Å². The molecule has 0 saturated heterocycles. The summed E-state index contributed by atoms with van der Waals surface area (Å²) in [5.74, 6) is -0.282. The molecule has 0 aromatic heterocycles. The molecule has 14 heavy (non-hydrogen) atoms. The maximum atomic E-state index is 11.3. The van der Waals surface area contributed by atoms with E-state index in [1.807, 2.05) is 0 Å². The van der Waals surface area contributed by atoms with E-state index in [0.717, 1.165) is 0 Å². The highest BCUT2D eigenvalue weighted by Gasteiger charge is 2.33. The first kappa shape index (κ1) is 9.30. The van der Waals surface area contributed by atoms with Crippen molar-refractivity contribution < 1.29 is 19.4 Å². The number of cyclic esters (lactones) is 1. The van der Waals surface area contributed by atoms with Crippen molar-refractivity contribution in [1.29, 1.82) is 0 Å². The van der Waals surface area contributed by atoms with Crippen LogP contribution in [0.3, 0.4) is 0 Å². The topological polar surface area (TPSA) is 55.8 Å². The van der Waals surface area contributed by atoms with Crippen molar-refractivity contribution in [2.75, 3.05) is 7.11 Å². The average molecular weight is 215 g/mol. The van der Waals surface area contributed by atoms with E-state index in [9.17, 15) is 9.90 Å². The van der Waals surface area contributed by atoms with Crippen molar-refractivity contribution in [3.8, 4) is 5.75 Å². The number of ether oxygens (including phenoxy) is 2. The van der Waals surface area contributed by atoms with Crippen LogP contribution >= 0.6 is 11.6 Å². The number of rotatable bonds is 1. The zero-order chi connectivity index (χ0) is 10.3. The van der Waals surface area contributed by atoms with Gasteiger partial charge in [0.25, 0.3) is 0 Å². The van der Waals surface area contributed by atoms with Gasteiger partial charge in [0.1, 0.15) is 11.3 Å². The Balaban J connectivity index is 2.66. The van der Waals surface area contributed by atoms with E-state index in [2.05, 4.69) is 4.74 Å². The van der Waals surface area contributed by atoms with Crippen LogP contribution in [0.4, 0.5) is 0 Å². The van der Waals surface area contributed by atoms with Crippen LogP contribution in [0.15, 0.2) is 12.1 Å². The summed E-state index contributed by atoms with van der Waals surface area (Å²) < 4.78 is 9.57. The van der Waals surface area contributed by atoms with Gasteiger partial charge in [-0.3, -0.25) is 0 Å². The van der Waals surface area contributed by atoms with E-state index in [4.69, 9.17) is 16.3 Å². The zero-order valence-corrected chi connectivity index (χ0v) is 8.04. The van der Waals surface area contributed by atoms with Gasteiger partial charge in [0.05, 0.1) is 7.11 Å². The van der Waals surface area contributed by atoms with E-state index in [1.54, 1.807) is 0 Å². The maximum Gasteiger partial charge on any atom is 0.345 e. The Bertz CT molecular complexity index is 402. The molecule has 2 rings (SSSR count). The van der Waals surface area contributed by atoms with Gasteiger partial charge in [-0.1, -0.05) is 11.6 Å². The third kappa shape index (κ3) is 1.23. The molecule has 1 atom stereocenters. The van der Waals surface area contributed by atoms with Crippen LogP contribution in [0.1, 0.15) is 22.2 Å². The number of benzene rings is 1. The molecule has 0 saturated carbocycles. The van der Waals surface area contributed by atoms with Crippen LogP contribution < -0.4 is 4.74 Å². The molecule has 4 nitrogen and oxygen atoms in total. The van der Waals surface area contributed by atoms with Crippen LogP contribution in [0.5, 0.6) is 5.75 Å². The van der Waals surface area contributed by atoms with Crippen molar-refractivity contribution in [1.82, 2.24) is 0 Å². The summed E-state index contributed by atoms with van der Waals surface area (Å²) in [4.78, 5) is 11.3. The Morgan fingerprint density at radius 3 is 2.93 bits per heavy atom. The Morgan fingerprint density at radius 2 is 2.29 bits per heavy atom. The number of fused-ring (bicyclic) bond motifs is 1. The average Bonchev–Trinajstić information content (AvgIpc) is 2.41. The summed E-state index contributed by atoms with van der Waals surface area (Å²) in [7, 11) is 1.42. The summed E-state index contributed by atoms with van der Waals surface area (Å²) in [6.45, 7) is 0. The Kier molecular flexibility index (Phi) is 2.09. The zero-order valence-electron chi connectivity index (χ0n) is 7.28. The first-order chi connectivity index (χ1) is 6.63. The fourth-order valence-electron chi connectivity index (χ4n) is 1.40. The van der Waals surface area contributed by atoms with Gasteiger partial charge in [0.2, 0.25) is 6.29 Å². The van der Waals surface area contributed by atoms with E-state index < -0.39 is 12.3 Å². The number of hydrogen-bond donors (Lipinski definition) is 1. The maximum absolute atomic E-state index is 11.3. The second-order valence-corrected chi connectivity index (χ2v) is 3.27. The number of aliphatic hydroxyl groups is 1. The summed E-state index contributed by atoms with van der Waals surface area (Å²) >= 11 is 5.76. The Hall–Kier alpha value is -1.26. The molecule has 1 unspecified atom stereocenters. The summed E-state index contributed by atoms with van der Waals surface area (Å²) in [6, 6.07) is 2.98. The predicted molar refractivity (Wildman–Crippen MR) is 48.4 cm³/mol. The number of esters is 1. The van der Waals surface area contributed by atoms with Gasteiger partial charge in [-0.15, -0.1) is 0 Å². The van der Waals surface area contributed by atoms with E-state index in [1.165, 1.54) is 19.2 Å². The monoisotopic (exact) mass is 214 g/mol. The van der Waals surface area contributed by atoms with Gasteiger partial charge in [-0.25, -0.2) is 4.79 Å². The number of methoxy groups -OCH3 is 1. The van der Waals surface area contributed by atoms with E-state index >= 15 is 0 Å². The summed E-state index contributed by atoms with van der Waals surface area (Å²) in [6.07, 6.45) is -1.25. The molecule has 0 aliphatic carbocycles. The lowest BCUT2D eigenvalue weighted by Gasteiger charge is -2.05. The molecule has 1 heterocycles. The van der Waals surface area contributed by atoms with Crippen molar-refractivity contribution in [3.05, 3.63) is 28.3 Å². The van der Waals surface area contributed by atoms with Crippen molar-refractivity contribution in [2.24, 2.45) is 0 Å². The van der Waals surface area contributed by atoms with Gasteiger partial charge in [-0.05, 0) is 12.1 Å². The number of carbonyl (C=O) groups excluding carboxylic acids is 1. The van der Waals surface area contributed by atoms with Gasteiger partial charge in [-0.2, -0.15) is 0 Å². The third-order valence-corrected chi connectivity index (χ3v) is 2.22. The lowest BCUT2D eigenvalue weighted by Crippen LogP contribution is -1.98. The van der Waals surface area contributed by atoms with Gasteiger partial charge in [0.15, 0.2) is 0 Å².